The molecule has 1 aromatic heterocycles. The molecule has 2 rings (SSSR count). The molecule has 0 bridgehead atoms. The van der Waals surface area contributed by atoms with Crippen molar-refractivity contribution in [1.29, 1.82) is 0 Å². The van der Waals surface area contributed by atoms with Gasteiger partial charge in [0.05, 0.1) is 18.9 Å². The molecule has 24 nitrogen and oxygen atoms in total. The Labute approximate surface area is 372 Å². The second kappa shape index (κ2) is 25.9. The number of H-pyrrole nitrogens is 1. The molecule has 0 saturated heterocycles. The highest BCUT2D eigenvalue weighted by atomic mass is 16.4. The fourth-order valence-electron chi connectivity index (χ4n) is 6.47. The Hall–Kier alpha value is -7.11. The molecular formula is C41H59N9O15. The molecule has 0 aliphatic rings. The summed E-state index contributed by atoms with van der Waals surface area (Å²) in [6, 6.07) is -4.33. The zero-order valence-corrected chi connectivity index (χ0v) is 36.4. The van der Waals surface area contributed by atoms with E-state index in [1.54, 1.807) is 58.2 Å². The first-order chi connectivity index (χ1) is 30.4. The minimum absolute atomic E-state index is 0.0933. The van der Waals surface area contributed by atoms with Gasteiger partial charge in [0.25, 0.3) is 0 Å². The van der Waals surface area contributed by atoms with Gasteiger partial charge in [-0.1, -0.05) is 52.3 Å². The van der Waals surface area contributed by atoms with Crippen molar-refractivity contribution in [2.24, 2.45) is 23.3 Å². The maximum atomic E-state index is 13.9. The first-order valence-corrected chi connectivity index (χ1v) is 20.7. The average molecular weight is 918 g/mol. The highest BCUT2D eigenvalue weighted by molar-refractivity contribution is 5.98. The lowest BCUT2D eigenvalue weighted by Gasteiger charge is -2.29. The molecule has 65 heavy (non-hydrogen) atoms. The van der Waals surface area contributed by atoms with Gasteiger partial charge in [-0.3, -0.25) is 47.9 Å². The molecule has 7 amide bonds. The van der Waals surface area contributed by atoms with E-state index in [4.69, 9.17) is 11.5 Å². The van der Waals surface area contributed by atoms with Gasteiger partial charge in [0.15, 0.2) is 0 Å². The second-order valence-electron chi connectivity index (χ2n) is 15.9. The molecule has 24 heteroatoms. The zero-order chi connectivity index (χ0) is 49.1. The predicted molar refractivity (Wildman–Crippen MR) is 228 cm³/mol. The van der Waals surface area contributed by atoms with E-state index >= 15 is 0 Å². The molecule has 8 atom stereocenters. The normalized spacial score (nSPS) is 14.8. The van der Waals surface area contributed by atoms with Crippen molar-refractivity contribution >= 4 is 76.1 Å². The summed E-state index contributed by atoms with van der Waals surface area (Å²) in [5.41, 5.74) is 12.1. The SMILES string of the molecule is CC[C@H](C)[C@H](NC(=O)[C@H](CC(=O)O)NC(=O)[C@@H](N)CCC(N)=O)C(=O)N[C@@H](CC(C)C)C(=O)N[C@@H](CCC(=O)O)C(=O)N[C@@H](CC(=O)O)C(=O)N[C@@H](Cc1c[nH]c2ccccc12)C(=O)O. The number of nitrogens with one attached hydrogen (secondary N) is 7. The lowest BCUT2D eigenvalue weighted by atomic mass is 9.96. The van der Waals surface area contributed by atoms with E-state index in [0.29, 0.717) is 16.5 Å². The van der Waals surface area contributed by atoms with E-state index < -0.39 is 139 Å². The number of aliphatic carboxylic acids is 4. The predicted octanol–water partition coefficient (Wildman–Crippen LogP) is -1.80. The summed E-state index contributed by atoms with van der Waals surface area (Å²) in [6.07, 6.45) is -2.32. The standard InChI is InChI=1S/C41H59N9O15/c1-5-20(4)34(50-39(62)28(17-33(56)57)46-35(58)23(42)10-12-30(43)51)40(63)48-26(14-19(2)3)37(60)45-25(11-13-31(52)53)36(59)47-27(16-32(54)55)38(61)49-29(41(64)65)15-21-18-44-24-9-7-6-8-22(21)24/h6-9,18-20,23,25-29,34,44H,5,10-17,42H2,1-4H3,(H2,43,51)(H,45,60)(H,46,58)(H,47,59)(H,48,63)(H,49,61)(H,50,62)(H,52,53)(H,54,55)(H,56,57)(H,64,65)/t20-,23-,25-,26-,27-,28-,29-,34-/m0/s1. The number of para-hydroxylation sites is 1. The Bertz CT molecular complexity index is 2070. The molecule has 1 aromatic carbocycles. The number of nitrogens with two attached hydrogens (primary N) is 2. The summed E-state index contributed by atoms with van der Waals surface area (Å²) in [5.74, 6) is -14.2. The van der Waals surface area contributed by atoms with Crippen LogP contribution in [0, 0.1) is 11.8 Å². The number of hydrogen-bond acceptors (Lipinski definition) is 12. The van der Waals surface area contributed by atoms with Gasteiger partial charge in [0, 0.05) is 36.4 Å². The molecule has 0 spiro atoms. The van der Waals surface area contributed by atoms with Crippen LogP contribution >= 0.6 is 0 Å². The van der Waals surface area contributed by atoms with Crippen LogP contribution in [0.5, 0.6) is 0 Å². The quantitative estimate of drug-likeness (QED) is 0.0428. The molecule has 358 valence electrons. The number of fused-ring (bicyclic) bond motifs is 1. The summed E-state index contributed by atoms with van der Waals surface area (Å²) in [5, 5.41) is 53.0. The number of carbonyl (C=O) groups is 11. The summed E-state index contributed by atoms with van der Waals surface area (Å²) in [4.78, 5) is 143. The number of hydrogen-bond donors (Lipinski definition) is 13. The molecule has 2 aromatic rings. The van der Waals surface area contributed by atoms with Gasteiger partial charge in [0.2, 0.25) is 41.4 Å². The van der Waals surface area contributed by atoms with Crippen molar-refractivity contribution in [3.8, 4) is 0 Å². The van der Waals surface area contributed by atoms with E-state index in [1.807, 2.05) is 0 Å². The zero-order valence-electron chi connectivity index (χ0n) is 36.4. The van der Waals surface area contributed by atoms with Crippen molar-refractivity contribution in [2.75, 3.05) is 0 Å². The van der Waals surface area contributed by atoms with Crippen LogP contribution in [0.3, 0.4) is 0 Å². The van der Waals surface area contributed by atoms with Gasteiger partial charge in [-0.25, -0.2) is 4.79 Å². The number of amides is 7. The van der Waals surface area contributed by atoms with Gasteiger partial charge < -0.3 is 68.8 Å². The monoisotopic (exact) mass is 917 g/mol. The van der Waals surface area contributed by atoms with Crippen LogP contribution in [-0.4, -0.2) is 133 Å². The molecule has 0 aliphatic carbocycles. The molecule has 0 radical (unpaired) electrons. The summed E-state index contributed by atoms with van der Waals surface area (Å²) in [7, 11) is 0. The third-order valence-corrected chi connectivity index (χ3v) is 10.2. The van der Waals surface area contributed by atoms with Crippen LogP contribution in [0.1, 0.15) is 84.6 Å². The van der Waals surface area contributed by atoms with Crippen molar-refractivity contribution in [3.63, 3.8) is 0 Å². The Morgan fingerprint density at radius 3 is 1.66 bits per heavy atom. The number of aromatic nitrogens is 1. The topological polar surface area (TPSA) is 409 Å². The van der Waals surface area contributed by atoms with Crippen LogP contribution in [-0.2, 0) is 59.2 Å². The van der Waals surface area contributed by atoms with Gasteiger partial charge in [-0.2, -0.15) is 0 Å². The number of benzene rings is 1. The fourth-order valence-corrected chi connectivity index (χ4v) is 6.47. The maximum absolute atomic E-state index is 13.9. The van der Waals surface area contributed by atoms with Gasteiger partial charge in [-0.05, 0) is 42.7 Å². The van der Waals surface area contributed by atoms with Crippen LogP contribution < -0.4 is 43.4 Å². The van der Waals surface area contributed by atoms with Gasteiger partial charge in [0.1, 0.15) is 36.3 Å². The highest BCUT2D eigenvalue weighted by Gasteiger charge is 2.36. The molecule has 15 N–H and O–H groups in total. The van der Waals surface area contributed by atoms with Crippen LogP contribution in [0.15, 0.2) is 30.5 Å². The van der Waals surface area contributed by atoms with Crippen molar-refractivity contribution in [1.82, 2.24) is 36.9 Å². The average Bonchev–Trinajstić information content (AvgIpc) is 3.63. The van der Waals surface area contributed by atoms with E-state index in [-0.39, 0.29) is 38.0 Å². The van der Waals surface area contributed by atoms with E-state index in [9.17, 15) is 73.2 Å². The summed E-state index contributed by atoms with van der Waals surface area (Å²) < 4.78 is 0. The number of aromatic amines is 1. The fraction of sp³-hybridized carbons (Fsp3) is 0.537. The number of carboxylic acids is 4. The molecule has 0 aliphatic heterocycles. The first-order valence-electron chi connectivity index (χ1n) is 20.7. The highest BCUT2D eigenvalue weighted by Crippen LogP contribution is 2.19. The Balaban J connectivity index is 2.35. The van der Waals surface area contributed by atoms with Gasteiger partial charge >= 0.3 is 23.9 Å². The molecular weight excluding hydrogens is 858 g/mol. The van der Waals surface area contributed by atoms with Crippen molar-refractivity contribution in [2.45, 2.75) is 128 Å². The molecule has 0 unspecified atom stereocenters. The number of carbonyl (C=O) groups excluding carboxylic acids is 7. The smallest absolute Gasteiger partial charge is 0.326 e. The largest absolute Gasteiger partial charge is 0.481 e. The third-order valence-electron chi connectivity index (χ3n) is 10.2. The minimum Gasteiger partial charge on any atom is -0.481 e. The third kappa shape index (κ3) is 18.3. The Kier molecular flexibility index (Phi) is 21.5. The van der Waals surface area contributed by atoms with E-state index in [0.717, 1.165) is 0 Å². The van der Waals surface area contributed by atoms with Crippen LogP contribution in [0.2, 0.25) is 0 Å². The number of primary amides is 1. The van der Waals surface area contributed by atoms with Crippen molar-refractivity contribution < 1.29 is 73.2 Å². The lowest BCUT2D eigenvalue weighted by molar-refractivity contribution is -0.143. The molecule has 0 fully saturated rings. The first kappa shape index (κ1) is 54.0. The summed E-state index contributed by atoms with van der Waals surface area (Å²) in [6.45, 7) is 6.59. The van der Waals surface area contributed by atoms with Crippen molar-refractivity contribution in [3.05, 3.63) is 36.0 Å². The van der Waals surface area contributed by atoms with E-state index in [1.165, 1.54) is 0 Å². The number of rotatable bonds is 29. The second-order valence-corrected chi connectivity index (χ2v) is 15.9. The Morgan fingerprint density at radius 2 is 1.12 bits per heavy atom. The van der Waals surface area contributed by atoms with Crippen LogP contribution in [0.4, 0.5) is 0 Å². The summed E-state index contributed by atoms with van der Waals surface area (Å²) >= 11 is 0. The molecule has 1 heterocycles. The maximum Gasteiger partial charge on any atom is 0.326 e. The van der Waals surface area contributed by atoms with Crippen LogP contribution in [0.25, 0.3) is 10.9 Å². The lowest BCUT2D eigenvalue weighted by Crippen LogP contribution is -2.61. The van der Waals surface area contributed by atoms with Gasteiger partial charge in [-0.15, -0.1) is 0 Å². The Morgan fingerprint density at radius 1 is 0.615 bits per heavy atom. The van der Waals surface area contributed by atoms with E-state index in [2.05, 4.69) is 36.9 Å². The minimum atomic E-state index is -1.92. The number of carboxylic acid groups (broad SMARTS) is 4. The molecule has 0 saturated carbocycles.